The molecule has 6 nitrogen and oxygen atoms in total. The Morgan fingerprint density at radius 2 is 2.17 bits per heavy atom. The van der Waals surface area contributed by atoms with Crippen molar-refractivity contribution in [3.05, 3.63) is 0 Å². The van der Waals surface area contributed by atoms with Crippen LogP contribution in [0, 0.1) is 0 Å². The van der Waals surface area contributed by atoms with Crippen LogP contribution in [-0.2, 0) is 4.79 Å². The van der Waals surface area contributed by atoms with Crippen molar-refractivity contribution in [2.24, 2.45) is 0 Å². The molecule has 1 unspecified atom stereocenters. The van der Waals surface area contributed by atoms with Gasteiger partial charge in [-0.15, -0.1) is 0 Å². The highest BCUT2D eigenvalue weighted by Gasteiger charge is 2.25. The maximum Gasteiger partial charge on any atom is 0.328 e. The molecule has 3 atom stereocenters. The summed E-state index contributed by atoms with van der Waals surface area (Å²) in [4.78, 5) is 22.3. The summed E-state index contributed by atoms with van der Waals surface area (Å²) in [7, 11) is 0. The van der Waals surface area contributed by atoms with E-state index in [-0.39, 0.29) is 0 Å². The van der Waals surface area contributed by atoms with Crippen LogP contribution < -0.4 is 10.6 Å². The monoisotopic (exact) mass is 294 g/mol. The molecule has 2 amide bonds. The molecule has 1 heterocycles. The first-order valence-corrected chi connectivity index (χ1v) is 7.85. The van der Waals surface area contributed by atoms with Gasteiger partial charge < -0.3 is 20.8 Å². The van der Waals surface area contributed by atoms with E-state index in [0.29, 0.717) is 11.8 Å². The molecule has 0 aromatic rings. The van der Waals surface area contributed by atoms with Gasteiger partial charge in [0.1, 0.15) is 0 Å². The number of carboxylic acid groups (broad SMARTS) is 1. The lowest BCUT2D eigenvalue weighted by atomic mass is 10.2. The molecule has 1 aliphatic heterocycles. The molecule has 1 fully saturated rings. The van der Waals surface area contributed by atoms with Crippen molar-refractivity contribution in [3.63, 3.8) is 0 Å². The lowest BCUT2D eigenvalue weighted by Crippen LogP contribution is -2.52. The fraction of sp³-hybridized carbons (Fsp3) is 0.800. The number of carbonyl (C=O) groups excluding carboxylic acids is 1. The number of hydrogen-bond donors (Lipinski definition) is 4. The van der Waals surface area contributed by atoms with Crippen LogP contribution in [-0.4, -0.2) is 63.4 Å². The number of carboxylic acids is 1. The second-order valence-electron chi connectivity index (χ2n) is 3.98. The maximum atomic E-state index is 11.5. The van der Waals surface area contributed by atoms with Crippen molar-refractivity contribution in [2.45, 2.75) is 24.3 Å². The Kier molecular flexibility index (Phi) is 6.66. The molecule has 0 bridgehead atoms. The molecule has 4 N–H and O–H groups in total. The zero-order valence-corrected chi connectivity index (χ0v) is 11.7. The smallest absolute Gasteiger partial charge is 0.328 e. The molecule has 1 aliphatic rings. The Hall–Kier alpha value is -0.600. The molecular formula is C10H18N2O4S2. The van der Waals surface area contributed by atoms with Crippen LogP contribution in [0.15, 0.2) is 0 Å². The minimum Gasteiger partial charge on any atom is -0.480 e. The van der Waals surface area contributed by atoms with Gasteiger partial charge >= 0.3 is 12.0 Å². The van der Waals surface area contributed by atoms with Gasteiger partial charge in [-0.2, -0.15) is 23.5 Å². The SMILES string of the molecule is C[C@@H](O)[C@H](NC(=O)NCC1CSCCS1)C(=O)O. The van der Waals surface area contributed by atoms with Crippen molar-refractivity contribution < 1.29 is 19.8 Å². The fourth-order valence-corrected chi connectivity index (χ4v) is 4.05. The summed E-state index contributed by atoms with van der Waals surface area (Å²) in [6, 6.07) is -1.84. The van der Waals surface area contributed by atoms with E-state index in [9.17, 15) is 14.7 Å². The molecule has 1 rings (SSSR count). The highest BCUT2D eigenvalue weighted by atomic mass is 32.2. The van der Waals surface area contributed by atoms with Crippen molar-refractivity contribution >= 4 is 35.5 Å². The van der Waals surface area contributed by atoms with E-state index in [1.807, 2.05) is 23.5 Å². The summed E-state index contributed by atoms with van der Waals surface area (Å²) in [5.41, 5.74) is 0. The van der Waals surface area contributed by atoms with E-state index in [4.69, 9.17) is 5.11 Å². The highest BCUT2D eigenvalue weighted by molar-refractivity contribution is 8.06. The molecule has 0 aliphatic carbocycles. The van der Waals surface area contributed by atoms with E-state index >= 15 is 0 Å². The molecular weight excluding hydrogens is 276 g/mol. The Morgan fingerprint density at radius 1 is 1.44 bits per heavy atom. The summed E-state index contributed by atoms with van der Waals surface area (Å²) in [5.74, 6) is 1.95. The lowest BCUT2D eigenvalue weighted by molar-refractivity contribution is -0.141. The van der Waals surface area contributed by atoms with Gasteiger partial charge in [0.15, 0.2) is 6.04 Å². The number of aliphatic carboxylic acids is 1. The summed E-state index contributed by atoms with van der Waals surface area (Å²) in [6.45, 7) is 1.84. The molecule has 18 heavy (non-hydrogen) atoms. The summed E-state index contributed by atoms with van der Waals surface area (Å²) < 4.78 is 0. The number of urea groups is 1. The van der Waals surface area contributed by atoms with Gasteiger partial charge in [-0.25, -0.2) is 9.59 Å². The second-order valence-corrected chi connectivity index (χ2v) is 6.54. The minimum atomic E-state index is -1.28. The predicted molar refractivity (Wildman–Crippen MR) is 73.2 cm³/mol. The highest BCUT2D eigenvalue weighted by Crippen LogP contribution is 2.23. The third-order valence-electron chi connectivity index (χ3n) is 2.41. The van der Waals surface area contributed by atoms with Crippen molar-refractivity contribution in [2.75, 3.05) is 23.8 Å². The summed E-state index contributed by atoms with van der Waals surface area (Å²) in [5, 5.41) is 23.3. The Bertz CT molecular complexity index is 296. The van der Waals surface area contributed by atoms with E-state index in [0.717, 1.165) is 17.3 Å². The molecule has 0 aromatic carbocycles. The minimum absolute atomic E-state index is 0.365. The number of aliphatic hydroxyl groups is 1. The largest absolute Gasteiger partial charge is 0.480 e. The topological polar surface area (TPSA) is 98.7 Å². The van der Waals surface area contributed by atoms with E-state index in [1.54, 1.807) is 0 Å². The Balaban J connectivity index is 2.29. The Labute approximate surface area is 114 Å². The van der Waals surface area contributed by atoms with Crippen LogP contribution in [0.3, 0.4) is 0 Å². The van der Waals surface area contributed by atoms with Crippen molar-refractivity contribution in [3.8, 4) is 0 Å². The third-order valence-corrected chi connectivity index (χ3v) is 5.26. The van der Waals surface area contributed by atoms with Crippen LogP contribution >= 0.6 is 23.5 Å². The summed E-state index contributed by atoms with van der Waals surface area (Å²) in [6.07, 6.45) is -1.13. The molecule has 0 radical (unpaired) electrons. The van der Waals surface area contributed by atoms with E-state index in [1.165, 1.54) is 6.92 Å². The van der Waals surface area contributed by atoms with Gasteiger partial charge in [0.05, 0.1) is 6.10 Å². The quantitative estimate of drug-likeness (QED) is 0.568. The van der Waals surface area contributed by atoms with Gasteiger partial charge in [0, 0.05) is 29.1 Å². The molecule has 104 valence electrons. The number of thioether (sulfide) groups is 2. The fourth-order valence-electron chi connectivity index (χ4n) is 1.44. The second kappa shape index (κ2) is 7.75. The first kappa shape index (κ1) is 15.5. The zero-order chi connectivity index (χ0) is 13.5. The van der Waals surface area contributed by atoms with Gasteiger partial charge in [0.2, 0.25) is 0 Å². The molecule has 0 aromatic heterocycles. The third kappa shape index (κ3) is 5.36. The van der Waals surface area contributed by atoms with E-state index < -0.39 is 24.1 Å². The normalized spacial score (nSPS) is 22.9. The van der Waals surface area contributed by atoms with Gasteiger partial charge in [-0.1, -0.05) is 0 Å². The number of hydrogen-bond acceptors (Lipinski definition) is 5. The number of aliphatic hydroxyl groups excluding tert-OH is 1. The van der Waals surface area contributed by atoms with Crippen molar-refractivity contribution in [1.29, 1.82) is 0 Å². The van der Waals surface area contributed by atoms with Gasteiger partial charge in [-0.05, 0) is 6.92 Å². The zero-order valence-electron chi connectivity index (χ0n) is 10.1. The molecule has 1 saturated heterocycles. The lowest BCUT2D eigenvalue weighted by Gasteiger charge is -2.22. The average molecular weight is 294 g/mol. The number of rotatable bonds is 5. The number of nitrogens with one attached hydrogen (secondary N) is 2. The summed E-state index contributed by atoms with van der Waals surface area (Å²) >= 11 is 3.66. The van der Waals surface area contributed by atoms with E-state index in [2.05, 4.69) is 10.6 Å². The van der Waals surface area contributed by atoms with Crippen LogP contribution in [0.25, 0.3) is 0 Å². The standard InChI is InChI=1S/C10H18N2O4S2/c1-6(13)8(9(14)15)12-10(16)11-4-7-5-17-2-3-18-7/h6-8,13H,2-5H2,1H3,(H,14,15)(H2,11,12,16)/t6-,7?,8+/m1/s1. The maximum absolute atomic E-state index is 11.5. The first-order valence-electron chi connectivity index (χ1n) is 5.65. The van der Waals surface area contributed by atoms with Crippen LogP contribution in [0.1, 0.15) is 6.92 Å². The predicted octanol–water partition coefficient (Wildman–Crippen LogP) is -0.0318. The average Bonchev–Trinajstić information content (AvgIpc) is 2.34. The molecule has 0 spiro atoms. The molecule has 8 heteroatoms. The van der Waals surface area contributed by atoms with Crippen LogP contribution in [0.4, 0.5) is 4.79 Å². The number of carbonyl (C=O) groups is 2. The number of amides is 2. The first-order chi connectivity index (χ1) is 8.50. The van der Waals surface area contributed by atoms with Gasteiger partial charge in [-0.3, -0.25) is 0 Å². The molecule has 0 saturated carbocycles. The van der Waals surface area contributed by atoms with Crippen LogP contribution in [0.5, 0.6) is 0 Å². The van der Waals surface area contributed by atoms with Gasteiger partial charge in [0.25, 0.3) is 0 Å². The van der Waals surface area contributed by atoms with Crippen LogP contribution in [0.2, 0.25) is 0 Å². The van der Waals surface area contributed by atoms with Crippen molar-refractivity contribution in [1.82, 2.24) is 10.6 Å². The Morgan fingerprint density at radius 3 is 2.67 bits per heavy atom.